The van der Waals surface area contributed by atoms with Crippen LogP contribution in [0.4, 0.5) is 0 Å². The number of unbranched alkanes of at least 4 members (excludes halogenated alkanes) is 7. The van der Waals surface area contributed by atoms with Gasteiger partial charge in [0.15, 0.2) is 0 Å². The predicted molar refractivity (Wildman–Crippen MR) is 100 cm³/mol. The third kappa shape index (κ3) is 9.66. The molecular formula is C21H38ClNO. The van der Waals surface area contributed by atoms with Gasteiger partial charge in [0.2, 0.25) is 0 Å². The lowest BCUT2D eigenvalue weighted by Gasteiger charge is -2.37. The van der Waals surface area contributed by atoms with Crippen molar-refractivity contribution in [3.63, 3.8) is 0 Å². The number of hydrogen-bond acceptors (Lipinski definition) is 1. The van der Waals surface area contributed by atoms with Gasteiger partial charge >= 0.3 is 0 Å². The first kappa shape index (κ1) is 23.4. The number of rotatable bonds is 13. The number of nitrogens with zero attached hydrogens (tertiary/aromatic N) is 1. The first-order chi connectivity index (χ1) is 11.1. The van der Waals surface area contributed by atoms with Gasteiger partial charge in [-0.25, -0.2) is 0 Å². The molecule has 0 bridgehead atoms. The average molecular weight is 356 g/mol. The third-order valence-corrected chi connectivity index (χ3v) is 5.02. The summed E-state index contributed by atoms with van der Waals surface area (Å²) in [5.74, 6) is 0. The van der Waals surface area contributed by atoms with Crippen LogP contribution in [0.5, 0.6) is 0 Å². The Morgan fingerprint density at radius 3 is 1.96 bits per heavy atom. The highest BCUT2D eigenvalue weighted by Gasteiger charge is 2.27. The van der Waals surface area contributed by atoms with Gasteiger partial charge in [-0.2, -0.15) is 0 Å². The molecule has 0 saturated heterocycles. The molecule has 140 valence electrons. The van der Waals surface area contributed by atoms with E-state index in [1.165, 1.54) is 56.9 Å². The zero-order valence-corrected chi connectivity index (χ0v) is 16.8. The van der Waals surface area contributed by atoms with Crippen LogP contribution < -0.4 is 12.4 Å². The Morgan fingerprint density at radius 2 is 1.42 bits per heavy atom. The number of quaternary nitrogens is 1. The van der Waals surface area contributed by atoms with Crippen LogP contribution in [0.3, 0.4) is 0 Å². The van der Waals surface area contributed by atoms with Gasteiger partial charge in [0, 0.05) is 12.0 Å². The molecular weight excluding hydrogens is 318 g/mol. The van der Waals surface area contributed by atoms with Gasteiger partial charge in [-0.15, -0.1) is 0 Å². The maximum absolute atomic E-state index is 9.82. The van der Waals surface area contributed by atoms with Crippen molar-refractivity contribution in [3.05, 3.63) is 35.9 Å². The van der Waals surface area contributed by atoms with E-state index in [4.69, 9.17) is 0 Å². The van der Waals surface area contributed by atoms with Crippen molar-refractivity contribution in [2.75, 3.05) is 20.7 Å². The summed E-state index contributed by atoms with van der Waals surface area (Å²) in [5.41, 5.74) is 1.35. The molecule has 0 spiro atoms. The molecule has 0 amide bonds. The molecule has 1 aromatic rings. The quantitative estimate of drug-likeness (QED) is 0.424. The Balaban J connectivity index is 0.00000529. The molecule has 0 radical (unpaired) electrons. The van der Waals surface area contributed by atoms with Gasteiger partial charge in [-0.05, 0) is 6.42 Å². The molecule has 0 saturated carbocycles. The normalized spacial score (nSPS) is 12.7. The largest absolute Gasteiger partial charge is 1.00 e. The summed E-state index contributed by atoms with van der Waals surface area (Å²) in [6.07, 6.45) is 11.9. The molecule has 0 aliphatic carbocycles. The molecule has 3 heteroatoms. The van der Waals surface area contributed by atoms with E-state index in [1.54, 1.807) is 0 Å². The second-order valence-corrected chi connectivity index (χ2v) is 7.52. The van der Waals surface area contributed by atoms with Crippen LogP contribution in [0.15, 0.2) is 30.3 Å². The Morgan fingerprint density at radius 1 is 0.875 bits per heavy atom. The number of benzene rings is 1. The van der Waals surface area contributed by atoms with Crippen molar-refractivity contribution >= 4 is 0 Å². The minimum absolute atomic E-state index is 0. The lowest BCUT2D eigenvalue weighted by Crippen LogP contribution is -3.00. The number of aliphatic hydroxyl groups excluding tert-OH is 1. The minimum Gasteiger partial charge on any atom is -1.00 e. The molecule has 0 heterocycles. The van der Waals surface area contributed by atoms with Gasteiger partial charge in [-0.1, -0.05) is 82.2 Å². The SMILES string of the molecule is CCCCCCCCCCC(CO)[N+](C)(C)Cc1ccccc1.[Cl-]. The van der Waals surface area contributed by atoms with E-state index in [2.05, 4.69) is 51.4 Å². The van der Waals surface area contributed by atoms with E-state index in [0.717, 1.165) is 17.4 Å². The fourth-order valence-electron chi connectivity index (χ4n) is 3.36. The van der Waals surface area contributed by atoms with E-state index in [9.17, 15) is 5.11 Å². The van der Waals surface area contributed by atoms with E-state index in [-0.39, 0.29) is 19.0 Å². The highest BCUT2D eigenvalue weighted by atomic mass is 35.5. The van der Waals surface area contributed by atoms with Gasteiger partial charge in [0.05, 0.1) is 20.7 Å². The summed E-state index contributed by atoms with van der Waals surface area (Å²) >= 11 is 0. The van der Waals surface area contributed by atoms with Crippen LogP contribution in [0, 0.1) is 0 Å². The summed E-state index contributed by atoms with van der Waals surface area (Å²) in [6.45, 7) is 3.55. The van der Waals surface area contributed by atoms with Crippen molar-refractivity contribution in [1.29, 1.82) is 0 Å². The molecule has 0 aromatic heterocycles. The van der Waals surface area contributed by atoms with Crippen LogP contribution in [-0.4, -0.2) is 36.3 Å². The highest BCUT2D eigenvalue weighted by Crippen LogP contribution is 2.19. The maximum Gasteiger partial charge on any atom is 0.112 e. The number of halogens is 1. The zero-order chi connectivity index (χ0) is 17.0. The molecule has 1 N–H and O–H groups in total. The molecule has 1 aromatic carbocycles. The Kier molecular flexibility index (Phi) is 13.4. The topological polar surface area (TPSA) is 20.2 Å². The van der Waals surface area contributed by atoms with Crippen molar-refractivity contribution in [2.45, 2.75) is 77.3 Å². The van der Waals surface area contributed by atoms with Crippen LogP contribution >= 0.6 is 0 Å². The lowest BCUT2D eigenvalue weighted by atomic mass is 10.0. The minimum atomic E-state index is 0. The zero-order valence-electron chi connectivity index (χ0n) is 16.0. The molecule has 24 heavy (non-hydrogen) atoms. The van der Waals surface area contributed by atoms with E-state index >= 15 is 0 Å². The number of hydrogen-bond donors (Lipinski definition) is 1. The molecule has 1 atom stereocenters. The van der Waals surface area contributed by atoms with Crippen LogP contribution in [0.25, 0.3) is 0 Å². The van der Waals surface area contributed by atoms with Gasteiger partial charge in [0.25, 0.3) is 0 Å². The van der Waals surface area contributed by atoms with Crippen LogP contribution in [0.2, 0.25) is 0 Å². The summed E-state index contributed by atoms with van der Waals surface area (Å²) in [7, 11) is 4.50. The Bertz CT molecular complexity index is 394. The third-order valence-electron chi connectivity index (χ3n) is 5.02. The summed E-state index contributed by atoms with van der Waals surface area (Å²) in [5, 5.41) is 9.82. The van der Waals surface area contributed by atoms with Crippen molar-refractivity contribution in [2.24, 2.45) is 0 Å². The molecule has 1 rings (SSSR count). The predicted octanol–water partition coefficient (Wildman–Crippen LogP) is 2.16. The molecule has 0 fully saturated rings. The van der Waals surface area contributed by atoms with Crippen molar-refractivity contribution < 1.29 is 22.0 Å². The standard InChI is InChI=1S/C21H38NO.ClH/c1-4-5-6-7-8-9-10-14-17-21(19-23)22(2,3)18-20-15-12-11-13-16-20;/h11-13,15-16,21,23H,4-10,14,17-19H2,1-3H3;1H/q+1;/p-1. The second-order valence-electron chi connectivity index (χ2n) is 7.52. The van der Waals surface area contributed by atoms with Gasteiger partial charge < -0.3 is 22.0 Å². The molecule has 1 unspecified atom stereocenters. The van der Waals surface area contributed by atoms with Crippen molar-refractivity contribution in [3.8, 4) is 0 Å². The smallest absolute Gasteiger partial charge is 0.112 e. The van der Waals surface area contributed by atoms with Crippen molar-refractivity contribution in [1.82, 2.24) is 0 Å². The number of likely N-dealkylation sites (N-methyl/N-ethyl adjacent to an activating group) is 1. The summed E-state index contributed by atoms with van der Waals surface area (Å²) in [6, 6.07) is 11.0. The average Bonchev–Trinajstić information content (AvgIpc) is 2.53. The summed E-state index contributed by atoms with van der Waals surface area (Å²) < 4.78 is 0.872. The van der Waals surface area contributed by atoms with Crippen LogP contribution in [0.1, 0.15) is 70.3 Å². The maximum atomic E-state index is 9.82. The molecule has 2 nitrogen and oxygen atoms in total. The number of aliphatic hydroxyl groups is 1. The Hall–Kier alpha value is -0.570. The van der Waals surface area contributed by atoms with Gasteiger partial charge in [-0.3, -0.25) is 0 Å². The fourth-order valence-corrected chi connectivity index (χ4v) is 3.36. The van der Waals surface area contributed by atoms with Crippen LogP contribution in [-0.2, 0) is 6.54 Å². The van der Waals surface area contributed by atoms with E-state index in [1.807, 2.05) is 0 Å². The lowest BCUT2D eigenvalue weighted by molar-refractivity contribution is -0.928. The van der Waals surface area contributed by atoms with E-state index in [0.29, 0.717) is 6.04 Å². The monoisotopic (exact) mass is 355 g/mol. The molecule has 0 aliphatic heterocycles. The van der Waals surface area contributed by atoms with Gasteiger partial charge in [0.1, 0.15) is 12.6 Å². The highest BCUT2D eigenvalue weighted by molar-refractivity contribution is 5.13. The van der Waals surface area contributed by atoms with E-state index < -0.39 is 0 Å². The summed E-state index contributed by atoms with van der Waals surface area (Å²) in [4.78, 5) is 0. The first-order valence-electron chi connectivity index (χ1n) is 9.57. The second kappa shape index (κ2) is 13.7. The Labute approximate surface area is 156 Å². The fraction of sp³-hybridized carbons (Fsp3) is 0.714. The molecule has 0 aliphatic rings. The first-order valence-corrected chi connectivity index (χ1v) is 9.57.